The number of benzene rings is 1. The van der Waals surface area contributed by atoms with Crippen LogP contribution in [0.25, 0.3) is 11.5 Å². The van der Waals surface area contributed by atoms with Crippen molar-refractivity contribution in [1.29, 1.82) is 0 Å². The van der Waals surface area contributed by atoms with Gasteiger partial charge in [0.15, 0.2) is 5.82 Å². The highest BCUT2D eigenvalue weighted by Crippen LogP contribution is 2.22. The number of hydrogen-bond acceptors (Lipinski definition) is 10. The van der Waals surface area contributed by atoms with Gasteiger partial charge in [-0.3, -0.25) is 4.90 Å². The first-order chi connectivity index (χ1) is 18.2. The molecule has 0 amide bonds. The molecule has 1 aliphatic rings. The molecular weight excluding hydrogens is 464 g/mol. The summed E-state index contributed by atoms with van der Waals surface area (Å²) < 4.78 is 0. The third-order valence-corrected chi connectivity index (χ3v) is 6.22. The molecule has 1 aliphatic heterocycles. The molecule has 3 aromatic heterocycles. The fraction of sp³-hybridized carbons (Fsp3) is 0.296. The SMILES string of the molecule is CNCCN1CCN(c2ccc(Nc3nccc(Nc4ccnc(-c5cccc(C)n5)n4)n3)cc2)CC1. The van der Waals surface area contributed by atoms with Gasteiger partial charge in [-0.2, -0.15) is 4.98 Å². The molecule has 0 saturated carbocycles. The van der Waals surface area contributed by atoms with Crippen LogP contribution in [-0.2, 0) is 0 Å². The van der Waals surface area contributed by atoms with Gasteiger partial charge in [-0.1, -0.05) is 6.07 Å². The van der Waals surface area contributed by atoms with Crippen LogP contribution in [0.1, 0.15) is 5.69 Å². The Morgan fingerprint density at radius 1 is 0.784 bits per heavy atom. The van der Waals surface area contributed by atoms with E-state index in [4.69, 9.17) is 0 Å². The Hall–Kier alpha value is -4.15. The summed E-state index contributed by atoms with van der Waals surface area (Å²) in [5, 5.41) is 9.76. The van der Waals surface area contributed by atoms with Crippen LogP contribution < -0.4 is 20.9 Å². The maximum Gasteiger partial charge on any atom is 0.229 e. The van der Waals surface area contributed by atoms with Crippen molar-refractivity contribution in [1.82, 2.24) is 35.1 Å². The molecule has 37 heavy (non-hydrogen) atoms. The van der Waals surface area contributed by atoms with Crippen LogP contribution in [-0.4, -0.2) is 76.1 Å². The smallest absolute Gasteiger partial charge is 0.229 e. The normalized spacial score (nSPS) is 13.9. The highest BCUT2D eigenvalue weighted by atomic mass is 15.3. The Morgan fingerprint density at radius 2 is 1.54 bits per heavy atom. The van der Waals surface area contributed by atoms with E-state index in [0.29, 0.717) is 23.4 Å². The average molecular weight is 497 g/mol. The summed E-state index contributed by atoms with van der Waals surface area (Å²) in [5.41, 5.74) is 3.82. The third kappa shape index (κ3) is 6.54. The van der Waals surface area contributed by atoms with E-state index in [2.05, 4.69) is 74.9 Å². The summed E-state index contributed by atoms with van der Waals surface area (Å²) in [6, 6.07) is 17.8. The summed E-state index contributed by atoms with van der Waals surface area (Å²) in [5.74, 6) is 2.33. The van der Waals surface area contributed by atoms with E-state index in [-0.39, 0.29) is 0 Å². The van der Waals surface area contributed by atoms with Crippen molar-refractivity contribution in [2.75, 3.05) is 61.8 Å². The van der Waals surface area contributed by atoms with Gasteiger partial charge in [0, 0.05) is 68.7 Å². The Kier molecular flexibility index (Phi) is 7.78. The second-order valence-electron chi connectivity index (χ2n) is 8.92. The maximum atomic E-state index is 4.59. The zero-order valence-corrected chi connectivity index (χ0v) is 21.2. The molecule has 0 bridgehead atoms. The van der Waals surface area contributed by atoms with E-state index in [0.717, 1.165) is 56.3 Å². The summed E-state index contributed by atoms with van der Waals surface area (Å²) in [7, 11) is 2.00. The number of nitrogens with zero attached hydrogens (tertiary/aromatic N) is 7. The van der Waals surface area contributed by atoms with Crippen molar-refractivity contribution in [2.45, 2.75) is 6.92 Å². The molecule has 190 valence electrons. The Balaban J connectivity index is 1.20. The number of aryl methyl sites for hydroxylation is 1. The molecule has 1 fully saturated rings. The number of aromatic nitrogens is 5. The Bertz CT molecular complexity index is 1300. The van der Waals surface area contributed by atoms with E-state index in [9.17, 15) is 0 Å². The van der Waals surface area contributed by atoms with Crippen LogP contribution in [0.15, 0.2) is 67.0 Å². The summed E-state index contributed by atoms with van der Waals surface area (Å²) in [6.45, 7) is 8.33. The molecule has 1 aromatic carbocycles. The first-order valence-electron chi connectivity index (χ1n) is 12.5. The highest BCUT2D eigenvalue weighted by Gasteiger charge is 2.16. The second kappa shape index (κ2) is 11.7. The third-order valence-electron chi connectivity index (χ3n) is 6.22. The molecule has 1 saturated heterocycles. The predicted molar refractivity (Wildman–Crippen MR) is 148 cm³/mol. The van der Waals surface area contributed by atoms with Crippen LogP contribution in [0.3, 0.4) is 0 Å². The lowest BCUT2D eigenvalue weighted by atomic mass is 10.2. The zero-order chi connectivity index (χ0) is 25.5. The first-order valence-corrected chi connectivity index (χ1v) is 12.5. The number of nitrogens with one attached hydrogen (secondary N) is 3. The van der Waals surface area contributed by atoms with E-state index >= 15 is 0 Å². The minimum absolute atomic E-state index is 0.505. The van der Waals surface area contributed by atoms with Crippen molar-refractivity contribution < 1.29 is 0 Å². The monoisotopic (exact) mass is 496 g/mol. The zero-order valence-electron chi connectivity index (χ0n) is 21.2. The molecule has 0 atom stereocenters. The number of hydrogen-bond donors (Lipinski definition) is 3. The first kappa shape index (κ1) is 24.5. The van der Waals surface area contributed by atoms with E-state index in [1.54, 1.807) is 24.5 Å². The Morgan fingerprint density at radius 3 is 2.30 bits per heavy atom. The van der Waals surface area contributed by atoms with Crippen molar-refractivity contribution >= 4 is 29.0 Å². The molecule has 0 radical (unpaired) electrons. The minimum Gasteiger partial charge on any atom is -0.369 e. The van der Waals surface area contributed by atoms with Crippen LogP contribution in [0.2, 0.25) is 0 Å². The number of piperazine rings is 1. The molecule has 0 unspecified atom stereocenters. The molecular formula is C27H32N10. The van der Waals surface area contributed by atoms with Crippen molar-refractivity contribution in [3.63, 3.8) is 0 Å². The van der Waals surface area contributed by atoms with Crippen LogP contribution in [0.4, 0.5) is 29.0 Å². The van der Waals surface area contributed by atoms with Gasteiger partial charge in [-0.25, -0.2) is 19.9 Å². The molecule has 10 heteroatoms. The fourth-order valence-electron chi connectivity index (χ4n) is 4.22. The molecule has 10 nitrogen and oxygen atoms in total. The standard InChI is InChI=1S/C27H32N10/c1-20-4-3-5-23(31-20)26-29-12-10-24(34-26)33-25-11-13-30-27(35-25)32-21-6-8-22(9-7-21)37-18-16-36(17-19-37)15-14-28-2/h3-13,28H,14-19H2,1-2H3,(H2,29,30,32,33,34,35). The molecule has 4 heterocycles. The topological polar surface area (TPSA) is 107 Å². The molecule has 5 rings (SSSR count). The van der Waals surface area contributed by atoms with Gasteiger partial charge in [0.2, 0.25) is 5.95 Å². The van der Waals surface area contributed by atoms with E-state index in [1.807, 2.05) is 32.2 Å². The second-order valence-corrected chi connectivity index (χ2v) is 8.92. The summed E-state index contributed by atoms with van der Waals surface area (Å²) >= 11 is 0. The van der Waals surface area contributed by atoms with Crippen molar-refractivity contribution in [3.05, 3.63) is 72.7 Å². The van der Waals surface area contributed by atoms with Gasteiger partial charge in [0.05, 0.1) is 0 Å². The summed E-state index contributed by atoms with van der Waals surface area (Å²) in [4.78, 5) is 27.4. The van der Waals surface area contributed by atoms with Gasteiger partial charge in [0.1, 0.15) is 17.3 Å². The van der Waals surface area contributed by atoms with Crippen molar-refractivity contribution in [2.24, 2.45) is 0 Å². The highest BCUT2D eigenvalue weighted by molar-refractivity contribution is 5.61. The van der Waals surface area contributed by atoms with Gasteiger partial charge < -0.3 is 20.9 Å². The quantitative estimate of drug-likeness (QED) is 0.319. The Labute approximate surface area is 217 Å². The lowest BCUT2D eigenvalue weighted by molar-refractivity contribution is 0.260. The van der Waals surface area contributed by atoms with Gasteiger partial charge in [0.25, 0.3) is 0 Å². The molecule has 0 spiro atoms. The largest absolute Gasteiger partial charge is 0.369 e. The van der Waals surface area contributed by atoms with E-state index in [1.165, 1.54) is 5.69 Å². The van der Waals surface area contributed by atoms with Gasteiger partial charge >= 0.3 is 0 Å². The lowest BCUT2D eigenvalue weighted by Gasteiger charge is -2.36. The van der Waals surface area contributed by atoms with Gasteiger partial charge in [-0.05, 0) is 62.5 Å². The molecule has 3 N–H and O–H groups in total. The number of likely N-dealkylation sites (N-methyl/N-ethyl adjacent to an activating group) is 1. The van der Waals surface area contributed by atoms with Crippen LogP contribution >= 0.6 is 0 Å². The summed E-state index contributed by atoms with van der Waals surface area (Å²) in [6.07, 6.45) is 3.42. The van der Waals surface area contributed by atoms with Crippen molar-refractivity contribution in [3.8, 4) is 11.5 Å². The van der Waals surface area contributed by atoms with Gasteiger partial charge in [-0.15, -0.1) is 0 Å². The molecule has 0 aliphatic carbocycles. The van der Waals surface area contributed by atoms with Crippen LogP contribution in [0, 0.1) is 6.92 Å². The van der Waals surface area contributed by atoms with E-state index < -0.39 is 0 Å². The fourth-order valence-corrected chi connectivity index (χ4v) is 4.22. The molecule has 4 aromatic rings. The predicted octanol–water partition coefficient (Wildman–Crippen LogP) is 3.47. The lowest BCUT2D eigenvalue weighted by Crippen LogP contribution is -2.48. The minimum atomic E-state index is 0.505. The number of pyridine rings is 1. The maximum absolute atomic E-state index is 4.59. The number of rotatable bonds is 9. The van der Waals surface area contributed by atoms with Crippen LogP contribution in [0.5, 0.6) is 0 Å². The average Bonchev–Trinajstić information content (AvgIpc) is 2.93. The number of anilines is 5.